The Kier molecular flexibility index (Phi) is 6.43. The van der Waals surface area contributed by atoms with E-state index in [2.05, 4.69) is 11.1 Å². The standard InChI is InChI=1S/C27H23N3O2/c1-20(32-27-14-12-22-9-5-6-10-25(22)29-27)15-16-30(19-31)26-13-11-23(17-24(26)18-28)21-7-3-2-4-8-21/h2-14,17,19-20H,15-16H2,1H3. The van der Waals surface area contributed by atoms with Gasteiger partial charge in [-0.2, -0.15) is 5.26 Å². The minimum absolute atomic E-state index is 0.153. The van der Waals surface area contributed by atoms with Crippen molar-refractivity contribution in [1.29, 1.82) is 5.26 Å². The molecule has 5 nitrogen and oxygen atoms in total. The Morgan fingerprint density at radius 1 is 1.00 bits per heavy atom. The number of rotatable bonds is 8. The van der Waals surface area contributed by atoms with E-state index in [0.29, 0.717) is 30.1 Å². The third-order valence-corrected chi connectivity index (χ3v) is 5.33. The van der Waals surface area contributed by atoms with Gasteiger partial charge in [0.15, 0.2) is 0 Å². The van der Waals surface area contributed by atoms with Gasteiger partial charge in [0, 0.05) is 24.4 Å². The number of anilines is 1. The number of amides is 1. The van der Waals surface area contributed by atoms with Gasteiger partial charge in [-0.3, -0.25) is 4.79 Å². The molecule has 5 heteroatoms. The Balaban J connectivity index is 1.44. The summed E-state index contributed by atoms with van der Waals surface area (Å²) in [6, 6.07) is 29.4. The van der Waals surface area contributed by atoms with Crippen molar-refractivity contribution in [2.75, 3.05) is 11.4 Å². The minimum atomic E-state index is -0.153. The van der Waals surface area contributed by atoms with E-state index in [1.165, 1.54) is 0 Å². The van der Waals surface area contributed by atoms with Crippen LogP contribution >= 0.6 is 0 Å². The second-order valence-electron chi connectivity index (χ2n) is 7.57. The van der Waals surface area contributed by atoms with E-state index in [1.54, 1.807) is 4.90 Å². The maximum absolute atomic E-state index is 11.8. The summed E-state index contributed by atoms with van der Waals surface area (Å²) in [7, 11) is 0. The van der Waals surface area contributed by atoms with Crippen LogP contribution in [0, 0.1) is 11.3 Å². The quantitative estimate of drug-likeness (QED) is 0.348. The van der Waals surface area contributed by atoms with Crippen LogP contribution in [0.15, 0.2) is 84.9 Å². The average Bonchev–Trinajstić information content (AvgIpc) is 2.85. The van der Waals surface area contributed by atoms with Gasteiger partial charge in [0.1, 0.15) is 6.07 Å². The molecule has 0 aliphatic rings. The fraction of sp³-hybridized carbons (Fsp3) is 0.148. The number of hydrogen-bond donors (Lipinski definition) is 0. The van der Waals surface area contributed by atoms with Gasteiger partial charge in [0.2, 0.25) is 12.3 Å². The molecule has 158 valence electrons. The Labute approximate surface area is 187 Å². The SMILES string of the molecule is CC(CCN(C=O)c1ccc(-c2ccccc2)cc1C#N)Oc1ccc2ccccc2n1. The maximum Gasteiger partial charge on any atom is 0.214 e. The number of ether oxygens (including phenoxy) is 1. The van der Waals surface area contributed by atoms with Crippen LogP contribution in [0.25, 0.3) is 22.0 Å². The number of nitrogens with zero attached hydrogens (tertiary/aromatic N) is 3. The molecular formula is C27H23N3O2. The zero-order valence-corrected chi connectivity index (χ0v) is 17.8. The molecule has 0 aliphatic heterocycles. The lowest BCUT2D eigenvalue weighted by molar-refractivity contribution is -0.107. The van der Waals surface area contributed by atoms with Crippen LogP contribution in [0.1, 0.15) is 18.9 Å². The van der Waals surface area contributed by atoms with Crippen molar-refractivity contribution < 1.29 is 9.53 Å². The first-order chi connectivity index (χ1) is 15.7. The molecule has 4 rings (SSSR count). The molecule has 0 saturated heterocycles. The number of fused-ring (bicyclic) bond motifs is 1. The first-order valence-electron chi connectivity index (χ1n) is 10.5. The Morgan fingerprint density at radius 3 is 2.56 bits per heavy atom. The van der Waals surface area contributed by atoms with Crippen molar-refractivity contribution in [3.05, 3.63) is 90.5 Å². The second kappa shape index (κ2) is 9.76. The summed E-state index contributed by atoms with van der Waals surface area (Å²) in [6.45, 7) is 2.38. The molecule has 4 aromatic rings. The molecule has 1 unspecified atom stereocenters. The molecule has 0 radical (unpaired) electrons. The summed E-state index contributed by atoms with van der Waals surface area (Å²) in [5, 5.41) is 10.7. The summed E-state index contributed by atoms with van der Waals surface area (Å²) in [6.07, 6.45) is 1.21. The zero-order chi connectivity index (χ0) is 22.3. The van der Waals surface area contributed by atoms with Gasteiger partial charge in [0.05, 0.1) is 22.9 Å². The molecule has 0 fully saturated rings. The number of carbonyl (C=O) groups is 1. The van der Waals surface area contributed by atoms with Gasteiger partial charge < -0.3 is 9.64 Å². The predicted molar refractivity (Wildman–Crippen MR) is 126 cm³/mol. The lowest BCUT2D eigenvalue weighted by atomic mass is 10.0. The lowest BCUT2D eigenvalue weighted by Gasteiger charge is -2.22. The van der Waals surface area contributed by atoms with Crippen LogP contribution in [0.3, 0.4) is 0 Å². The van der Waals surface area contributed by atoms with Gasteiger partial charge in [-0.1, -0.05) is 54.6 Å². The number of para-hydroxylation sites is 1. The summed E-state index contributed by atoms with van der Waals surface area (Å²) < 4.78 is 5.97. The fourth-order valence-electron chi connectivity index (χ4n) is 3.62. The van der Waals surface area contributed by atoms with Gasteiger partial charge in [0.25, 0.3) is 0 Å². The zero-order valence-electron chi connectivity index (χ0n) is 17.8. The average molecular weight is 422 g/mol. The van der Waals surface area contributed by atoms with E-state index >= 15 is 0 Å². The highest BCUT2D eigenvalue weighted by Crippen LogP contribution is 2.27. The summed E-state index contributed by atoms with van der Waals surface area (Å²) >= 11 is 0. The van der Waals surface area contributed by atoms with Crippen LogP contribution in [0.5, 0.6) is 5.88 Å². The van der Waals surface area contributed by atoms with Crippen LogP contribution in [-0.4, -0.2) is 24.0 Å². The molecule has 1 heterocycles. The number of nitriles is 1. The molecule has 1 amide bonds. The number of pyridine rings is 1. The highest BCUT2D eigenvalue weighted by atomic mass is 16.5. The first kappa shape index (κ1) is 21.1. The summed E-state index contributed by atoms with van der Waals surface area (Å²) in [5.74, 6) is 0.554. The van der Waals surface area contributed by atoms with Crippen LogP contribution in [0.2, 0.25) is 0 Å². The van der Waals surface area contributed by atoms with Gasteiger partial charge >= 0.3 is 0 Å². The normalized spacial score (nSPS) is 11.5. The third-order valence-electron chi connectivity index (χ3n) is 5.33. The molecule has 1 atom stereocenters. The molecular weight excluding hydrogens is 398 g/mol. The number of hydrogen-bond acceptors (Lipinski definition) is 4. The lowest BCUT2D eigenvalue weighted by Crippen LogP contribution is -2.27. The van der Waals surface area contributed by atoms with Gasteiger partial charge in [-0.15, -0.1) is 0 Å². The smallest absolute Gasteiger partial charge is 0.214 e. The second-order valence-corrected chi connectivity index (χ2v) is 7.57. The van der Waals surface area contributed by atoms with E-state index in [9.17, 15) is 10.1 Å². The van der Waals surface area contributed by atoms with Crippen molar-refractivity contribution in [1.82, 2.24) is 4.98 Å². The van der Waals surface area contributed by atoms with E-state index < -0.39 is 0 Å². The van der Waals surface area contributed by atoms with Crippen molar-refractivity contribution in [3.8, 4) is 23.1 Å². The van der Waals surface area contributed by atoms with Crippen molar-refractivity contribution in [2.45, 2.75) is 19.4 Å². The molecule has 32 heavy (non-hydrogen) atoms. The maximum atomic E-state index is 11.8. The first-order valence-corrected chi connectivity index (χ1v) is 10.5. The largest absolute Gasteiger partial charge is 0.475 e. The van der Waals surface area contributed by atoms with Gasteiger partial charge in [-0.05, 0) is 42.3 Å². The molecule has 0 spiro atoms. The van der Waals surface area contributed by atoms with Crippen LogP contribution in [-0.2, 0) is 4.79 Å². The van der Waals surface area contributed by atoms with Crippen molar-refractivity contribution in [2.24, 2.45) is 0 Å². The Bertz CT molecular complexity index is 1260. The summed E-state index contributed by atoms with van der Waals surface area (Å²) in [5.41, 5.74) is 3.90. The van der Waals surface area contributed by atoms with E-state index in [4.69, 9.17) is 4.74 Å². The Hall–Kier alpha value is -4.17. The van der Waals surface area contributed by atoms with E-state index in [0.717, 1.165) is 28.4 Å². The topological polar surface area (TPSA) is 66.2 Å². The predicted octanol–water partition coefficient (Wildman–Crippen LogP) is 5.59. The molecule has 3 aromatic carbocycles. The van der Waals surface area contributed by atoms with Crippen LogP contribution < -0.4 is 9.64 Å². The van der Waals surface area contributed by atoms with Crippen molar-refractivity contribution >= 4 is 23.0 Å². The molecule has 0 aliphatic carbocycles. The number of carbonyl (C=O) groups excluding carboxylic acids is 1. The summed E-state index contributed by atoms with van der Waals surface area (Å²) in [4.78, 5) is 17.9. The Morgan fingerprint density at radius 2 is 1.78 bits per heavy atom. The number of aromatic nitrogens is 1. The fourth-order valence-corrected chi connectivity index (χ4v) is 3.62. The van der Waals surface area contributed by atoms with Crippen molar-refractivity contribution in [3.63, 3.8) is 0 Å². The highest BCUT2D eigenvalue weighted by Gasteiger charge is 2.14. The van der Waals surface area contributed by atoms with Gasteiger partial charge in [-0.25, -0.2) is 4.98 Å². The van der Waals surface area contributed by atoms with E-state index in [-0.39, 0.29) is 6.10 Å². The van der Waals surface area contributed by atoms with E-state index in [1.807, 2.05) is 91.9 Å². The third kappa shape index (κ3) is 4.76. The number of benzene rings is 3. The molecule has 0 saturated carbocycles. The molecule has 1 aromatic heterocycles. The molecule has 0 bridgehead atoms. The minimum Gasteiger partial charge on any atom is -0.475 e. The monoisotopic (exact) mass is 421 g/mol. The molecule has 0 N–H and O–H groups in total. The van der Waals surface area contributed by atoms with Crippen LogP contribution in [0.4, 0.5) is 5.69 Å². The highest BCUT2D eigenvalue weighted by molar-refractivity contribution is 5.81.